The average molecular weight is 1050 g/mol. The van der Waals surface area contributed by atoms with Crippen LogP contribution in [0.5, 0.6) is 0 Å². The molecule has 0 heterocycles. The second kappa shape index (κ2) is 63.1. The minimum atomic E-state index is -0.831. The Balaban J connectivity index is 4.11. The molecule has 0 N–H and O–H groups in total. The Hall–Kier alpha value is -4.45. The molecule has 0 aliphatic rings. The Morgan fingerprint density at radius 3 is 0.868 bits per heavy atom. The molecule has 0 saturated heterocycles. The molecule has 0 aliphatic carbocycles. The Morgan fingerprint density at radius 1 is 0.289 bits per heavy atom. The van der Waals surface area contributed by atoms with Gasteiger partial charge in [-0.15, -0.1) is 0 Å². The number of esters is 3. The van der Waals surface area contributed by atoms with E-state index in [2.05, 4.69) is 142 Å². The zero-order valence-corrected chi connectivity index (χ0v) is 49.2. The highest BCUT2D eigenvalue weighted by Crippen LogP contribution is 2.16. The lowest BCUT2D eigenvalue weighted by Crippen LogP contribution is -2.30. The van der Waals surface area contributed by atoms with Crippen LogP contribution in [0.3, 0.4) is 0 Å². The summed E-state index contributed by atoms with van der Waals surface area (Å²) in [5.41, 5.74) is 0. The molecule has 0 aliphatic heterocycles. The van der Waals surface area contributed by atoms with Crippen LogP contribution < -0.4 is 0 Å². The van der Waals surface area contributed by atoms with Crippen molar-refractivity contribution in [3.63, 3.8) is 0 Å². The van der Waals surface area contributed by atoms with Gasteiger partial charge in [0.05, 0.1) is 6.42 Å². The summed E-state index contributed by atoms with van der Waals surface area (Å²) in [5, 5.41) is 0. The van der Waals surface area contributed by atoms with Gasteiger partial charge in [-0.3, -0.25) is 14.4 Å². The van der Waals surface area contributed by atoms with Crippen molar-refractivity contribution in [2.24, 2.45) is 0 Å². The van der Waals surface area contributed by atoms with E-state index >= 15 is 0 Å². The normalized spacial score (nSPS) is 13.0. The average Bonchev–Trinajstić information content (AvgIpc) is 3.42. The predicted octanol–water partition coefficient (Wildman–Crippen LogP) is 21.4. The third-order valence-electron chi connectivity index (χ3n) is 12.9. The third kappa shape index (κ3) is 60.4. The number of rotatable bonds is 55. The molecule has 0 amide bonds. The van der Waals surface area contributed by atoms with Crippen LogP contribution >= 0.6 is 0 Å². The molecule has 1 atom stereocenters. The van der Waals surface area contributed by atoms with Crippen molar-refractivity contribution in [2.75, 3.05) is 13.2 Å². The first-order valence-corrected chi connectivity index (χ1v) is 31.2. The van der Waals surface area contributed by atoms with E-state index in [-0.39, 0.29) is 31.6 Å². The topological polar surface area (TPSA) is 78.9 Å². The monoisotopic (exact) mass is 1050 g/mol. The molecule has 0 rings (SSSR count). The van der Waals surface area contributed by atoms with Crippen molar-refractivity contribution in [3.8, 4) is 0 Å². The highest BCUT2D eigenvalue weighted by atomic mass is 16.6. The molecule has 430 valence electrons. The molecule has 0 aromatic heterocycles. The van der Waals surface area contributed by atoms with Crippen molar-refractivity contribution in [1.82, 2.24) is 0 Å². The number of unbranched alkanes of at least 4 members (excludes halogenated alkanes) is 23. The van der Waals surface area contributed by atoms with Gasteiger partial charge in [0.1, 0.15) is 13.2 Å². The molecule has 0 aromatic rings. The van der Waals surface area contributed by atoms with Gasteiger partial charge < -0.3 is 14.2 Å². The highest BCUT2D eigenvalue weighted by molar-refractivity contribution is 5.72. The summed E-state index contributed by atoms with van der Waals surface area (Å²) < 4.78 is 16.7. The maximum absolute atomic E-state index is 12.7. The van der Waals surface area contributed by atoms with Gasteiger partial charge >= 0.3 is 17.9 Å². The van der Waals surface area contributed by atoms with Crippen molar-refractivity contribution >= 4 is 17.9 Å². The number of carbonyl (C=O) groups excluding carboxylic acids is 3. The first kappa shape index (κ1) is 71.5. The summed E-state index contributed by atoms with van der Waals surface area (Å²) >= 11 is 0. The summed E-state index contributed by atoms with van der Waals surface area (Å²) in [6, 6.07) is 0. The molecule has 0 aromatic carbocycles. The number of allylic oxidation sites excluding steroid dienone is 21. The molecule has 0 fully saturated rings. The van der Waals surface area contributed by atoms with Crippen molar-refractivity contribution < 1.29 is 28.6 Å². The van der Waals surface area contributed by atoms with E-state index in [9.17, 15) is 14.4 Å². The highest BCUT2D eigenvalue weighted by Gasteiger charge is 2.19. The fourth-order valence-corrected chi connectivity index (χ4v) is 8.35. The SMILES string of the molecule is CC/C=C\C/C=C\C/C=C\C/C=C\C/C=C\C/C=C\CCCCCCCCCCCCCCCCCCC(=O)OCC(COC(=O)CCCCCCCCCC)OC(=O)C/C=C\C/C=C\C/C=C\C/C=C\C/C=C\CC. The fraction of sp³-hybridized carbons (Fsp3) is 0.643. The van der Waals surface area contributed by atoms with Crippen LogP contribution in [-0.2, 0) is 28.6 Å². The second-order valence-electron chi connectivity index (χ2n) is 20.2. The van der Waals surface area contributed by atoms with Gasteiger partial charge in [0.2, 0.25) is 0 Å². The zero-order valence-electron chi connectivity index (χ0n) is 49.2. The maximum Gasteiger partial charge on any atom is 0.310 e. The Bertz CT molecular complexity index is 1630. The number of hydrogen-bond donors (Lipinski definition) is 0. The van der Waals surface area contributed by atoms with Gasteiger partial charge in [0, 0.05) is 12.8 Å². The van der Waals surface area contributed by atoms with Gasteiger partial charge in [-0.2, -0.15) is 0 Å². The summed E-state index contributed by atoms with van der Waals surface area (Å²) in [5.74, 6) is -1.05. The fourth-order valence-electron chi connectivity index (χ4n) is 8.35. The van der Waals surface area contributed by atoms with Crippen LogP contribution in [-0.4, -0.2) is 37.2 Å². The summed E-state index contributed by atoms with van der Waals surface area (Å²) in [6.07, 6.45) is 89.5. The number of hydrogen-bond acceptors (Lipinski definition) is 6. The molecule has 0 radical (unpaired) electrons. The van der Waals surface area contributed by atoms with Crippen LogP contribution in [0, 0.1) is 0 Å². The van der Waals surface area contributed by atoms with Gasteiger partial charge in [-0.05, 0) is 96.3 Å². The third-order valence-corrected chi connectivity index (χ3v) is 12.9. The quantitative estimate of drug-likeness (QED) is 0.0261. The molecule has 6 heteroatoms. The lowest BCUT2D eigenvalue weighted by atomic mass is 10.0. The summed E-state index contributed by atoms with van der Waals surface area (Å²) in [4.78, 5) is 37.9. The van der Waals surface area contributed by atoms with Crippen molar-refractivity contribution in [1.29, 1.82) is 0 Å². The summed E-state index contributed by atoms with van der Waals surface area (Å²) in [7, 11) is 0. The van der Waals surface area contributed by atoms with E-state index in [4.69, 9.17) is 14.2 Å². The van der Waals surface area contributed by atoms with Crippen molar-refractivity contribution in [3.05, 3.63) is 134 Å². The lowest BCUT2D eigenvalue weighted by molar-refractivity contribution is -0.166. The molecule has 0 saturated carbocycles. The molecule has 6 nitrogen and oxygen atoms in total. The molecule has 1 unspecified atom stereocenters. The standard InChI is InChI=1S/C70H114O6/c1-4-7-10-13-16-19-21-23-25-26-27-28-29-30-31-32-33-34-35-36-37-38-39-40-41-42-43-44-46-47-49-51-54-57-60-63-69(72)75-66-67(65-74-68(71)62-59-56-53-18-15-12-9-6-3)76-70(73)64-61-58-55-52-50-48-45-24-22-20-17-14-11-8-5-2/h7-8,10-11,16-17,19-20,23-25,27-28,30-31,33-34,45,50,52,58,61,67H,4-6,9,12-15,18,21-22,26,29,32,35-44,46-49,51,53-57,59-60,62-66H2,1-3H3/b10-7-,11-8-,19-16-,20-17-,25-23-,28-27-,31-30-,34-33-,45-24-,52-50-,61-58-. The Morgan fingerprint density at radius 2 is 0.553 bits per heavy atom. The number of ether oxygens (including phenoxy) is 3. The Kier molecular flexibility index (Phi) is 59.4. The van der Waals surface area contributed by atoms with E-state index < -0.39 is 12.1 Å². The van der Waals surface area contributed by atoms with Gasteiger partial charge in [-0.1, -0.05) is 289 Å². The molecule has 76 heavy (non-hydrogen) atoms. The van der Waals surface area contributed by atoms with Crippen LogP contribution in [0.2, 0.25) is 0 Å². The minimum Gasteiger partial charge on any atom is -0.462 e. The van der Waals surface area contributed by atoms with E-state index in [1.54, 1.807) is 6.08 Å². The molecule has 0 bridgehead atoms. The van der Waals surface area contributed by atoms with E-state index in [1.807, 2.05) is 6.08 Å². The second-order valence-corrected chi connectivity index (χ2v) is 20.2. The molecular formula is C70H114O6. The van der Waals surface area contributed by atoms with E-state index in [1.165, 1.54) is 122 Å². The first-order chi connectivity index (χ1) is 37.5. The van der Waals surface area contributed by atoms with Crippen LogP contribution in [0.1, 0.15) is 271 Å². The van der Waals surface area contributed by atoms with Crippen LogP contribution in [0.4, 0.5) is 0 Å². The van der Waals surface area contributed by atoms with Crippen LogP contribution in [0.15, 0.2) is 134 Å². The zero-order chi connectivity index (χ0) is 55.0. The lowest BCUT2D eigenvalue weighted by Gasteiger charge is -2.18. The van der Waals surface area contributed by atoms with E-state index in [0.29, 0.717) is 12.8 Å². The Labute approximate surface area is 468 Å². The van der Waals surface area contributed by atoms with Crippen LogP contribution in [0.25, 0.3) is 0 Å². The van der Waals surface area contributed by atoms with Gasteiger partial charge in [-0.25, -0.2) is 0 Å². The van der Waals surface area contributed by atoms with Crippen molar-refractivity contribution in [2.45, 2.75) is 277 Å². The molecule has 0 spiro atoms. The number of carbonyl (C=O) groups is 3. The molecular weight excluding hydrogens is 937 g/mol. The van der Waals surface area contributed by atoms with Gasteiger partial charge in [0.15, 0.2) is 6.10 Å². The summed E-state index contributed by atoms with van der Waals surface area (Å²) in [6.45, 7) is 6.29. The smallest absolute Gasteiger partial charge is 0.310 e. The minimum absolute atomic E-state index is 0.0955. The van der Waals surface area contributed by atoms with E-state index in [0.717, 1.165) is 109 Å². The largest absolute Gasteiger partial charge is 0.462 e. The first-order valence-electron chi connectivity index (χ1n) is 31.2. The van der Waals surface area contributed by atoms with Gasteiger partial charge in [0.25, 0.3) is 0 Å². The predicted molar refractivity (Wildman–Crippen MR) is 329 cm³/mol. The maximum atomic E-state index is 12.7.